The summed E-state index contributed by atoms with van der Waals surface area (Å²) >= 11 is 1.33. The third-order valence-corrected chi connectivity index (χ3v) is 4.95. The standard InChI is InChI=1S/C23H20O3S/c1-16(2)18-8-5-17(6-9-18)7-14-21(24)19-10-12-20(13-11-19)26-23(25)22-4-3-15-27-22/h3-16H,1-2H3. The molecule has 0 saturated carbocycles. The molecule has 0 N–H and O–H groups in total. The van der Waals surface area contributed by atoms with Crippen LogP contribution >= 0.6 is 11.3 Å². The first-order valence-electron chi connectivity index (χ1n) is 8.71. The highest BCUT2D eigenvalue weighted by molar-refractivity contribution is 7.12. The fraction of sp³-hybridized carbons (Fsp3) is 0.130. The van der Waals surface area contributed by atoms with Crippen LogP contribution in [0.5, 0.6) is 5.75 Å². The Labute approximate surface area is 162 Å². The van der Waals surface area contributed by atoms with Crippen LogP contribution in [0.15, 0.2) is 72.1 Å². The van der Waals surface area contributed by atoms with Crippen LogP contribution in [0.3, 0.4) is 0 Å². The molecule has 1 aromatic heterocycles. The summed E-state index contributed by atoms with van der Waals surface area (Å²) in [5.74, 6) is 0.406. The summed E-state index contributed by atoms with van der Waals surface area (Å²) < 4.78 is 5.30. The Hall–Kier alpha value is -2.98. The van der Waals surface area contributed by atoms with Gasteiger partial charge >= 0.3 is 5.97 Å². The van der Waals surface area contributed by atoms with Crippen LogP contribution in [0.4, 0.5) is 0 Å². The number of allylic oxidation sites excluding steroid dienone is 1. The van der Waals surface area contributed by atoms with Crippen molar-refractivity contribution in [2.45, 2.75) is 19.8 Å². The number of rotatable bonds is 6. The summed E-state index contributed by atoms with van der Waals surface area (Å²) in [5.41, 5.74) is 2.79. The van der Waals surface area contributed by atoms with Gasteiger partial charge in [0.1, 0.15) is 10.6 Å². The van der Waals surface area contributed by atoms with E-state index in [1.54, 1.807) is 48.6 Å². The summed E-state index contributed by atoms with van der Waals surface area (Å²) in [6, 6.07) is 18.2. The van der Waals surface area contributed by atoms with Crippen LogP contribution in [0, 0.1) is 0 Å². The van der Waals surface area contributed by atoms with Crippen LogP contribution < -0.4 is 4.74 Å². The van der Waals surface area contributed by atoms with Gasteiger partial charge in [0, 0.05) is 5.56 Å². The third-order valence-electron chi connectivity index (χ3n) is 4.10. The molecule has 3 aromatic rings. The Morgan fingerprint density at radius 1 is 0.963 bits per heavy atom. The molecule has 1 heterocycles. The van der Waals surface area contributed by atoms with Gasteiger partial charge in [-0.2, -0.15) is 0 Å². The molecule has 0 aliphatic heterocycles. The first-order chi connectivity index (χ1) is 13.0. The predicted octanol–water partition coefficient (Wildman–Crippen LogP) is 5.99. The highest BCUT2D eigenvalue weighted by Gasteiger charge is 2.10. The topological polar surface area (TPSA) is 43.4 Å². The second-order valence-corrected chi connectivity index (χ2v) is 7.36. The Balaban J connectivity index is 1.62. The van der Waals surface area contributed by atoms with Gasteiger partial charge in [-0.1, -0.05) is 50.3 Å². The second kappa shape index (κ2) is 8.60. The predicted molar refractivity (Wildman–Crippen MR) is 110 cm³/mol. The van der Waals surface area contributed by atoms with Crippen molar-refractivity contribution < 1.29 is 14.3 Å². The molecule has 3 rings (SSSR count). The van der Waals surface area contributed by atoms with Crippen molar-refractivity contribution in [2.75, 3.05) is 0 Å². The molecule has 0 bridgehead atoms. The maximum absolute atomic E-state index is 12.3. The van der Waals surface area contributed by atoms with E-state index in [4.69, 9.17) is 4.74 Å². The quantitative estimate of drug-likeness (QED) is 0.230. The van der Waals surface area contributed by atoms with Gasteiger partial charge in [-0.05, 0) is 58.8 Å². The Bertz CT molecular complexity index is 934. The number of hydrogen-bond acceptors (Lipinski definition) is 4. The smallest absolute Gasteiger partial charge is 0.353 e. The summed E-state index contributed by atoms with van der Waals surface area (Å²) in [6.07, 6.45) is 3.36. The van der Waals surface area contributed by atoms with Crippen LogP contribution in [0.1, 0.15) is 50.9 Å². The van der Waals surface area contributed by atoms with Gasteiger partial charge in [-0.15, -0.1) is 11.3 Å². The number of hydrogen-bond donors (Lipinski definition) is 0. The molecule has 136 valence electrons. The van der Waals surface area contributed by atoms with Crippen molar-refractivity contribution in [1.29, 1.82) is 0 Å². The summed E-state index contributed by atoms with van der Waals surface area (Å²) in [4.78, 5) is 24.8. The molecule has 0 saturated heterocycles. The molecule has 0 amide bonds. The number of ketones is 1. The van der Waals surface area contributed by atoms with Gasteiger partial charge in [0.25, 0.3) is 0 Å². The normalized spacial score (nSPS) is 11.1. The van der Waals surface area contributed by atoms with Crippen LogP contribution in [0.2, 0.25) is 0 Å². The SMILES string of the molecule is CC(C)c1ccc(C=CC(=O)c2ccc(OC(=O)c3cccs3)cc2)cc1. The zero-order valence-corrected chi connectivity index (χ0v) is 16.0. The molecule has 0 unspecified atom stereocenters. The number of esters is 1. The van der Waals surface area contributed by atoms with Gasteiger partial charge in [0.2, 0.25) is 0 Å². The third kappa shape index (κ3) is 5.02. The highest BCUT2D eigenvalue weighted by atomic mass is 32.1. The van der Waals surface area contributed by atoms with Crippen LogP contribution in [-0.4, -0.2) is 11.8 Å². The van der Waals surface area contributed by atoms with E-state index in [-0.39, 0.29) is 5.78 Å². The number of benzene rings is 2. The van der Waals surface area contributed by atoms with Crippen LogP contribution in [0.25, 0.3) is 6.08 Å². The first kappa shape index (κ1) is 18.8. The lowest BCUT2D eigenvalue weighted by molar-refractivity contribution is 0.0740. The second-order valence-electron chi connectivity index (χ2n) is 6.41. The van der Waals surface area contributed by atoms with Gasteiger partial charge in [-0.3, -0.25) is 4.79 Å². The molecular weight excluding hydrogens is 356 g/mol. The zero-order valence-electron chi connectivity index (χ0n) is 15.2. The lowest BCUT2D eigenvalue weighted by Crippen LogP contribution is -2.06. The summed E-state index contributed by atoms with van der Waals surface area (Å²) in [7, 11) is 0. The number of carbonyl (C=O) groups is 2. The van der Waals surface area contributed by atoms with E-state index >= 15 is 0 Å². The van der Waals surface area contributed by atoms with Crippen molar-refractivity contribution in [3.63, 3.8) is 0 Å². The molecular formula is C23H20O3S. The van der Waals surface area contributed by atoms with E-state index in [1.165, 1.54) is 16.9 Å². The number of thiophene rings is 1. The van der Waals surface area contributed by atoms with Gasteiger partial charge < -0.3 is 4.74 Å². The lowest BCUT2D eigenvalue weighted by Gasteiger charge is -2.05. The molecule has 0 aliphatic carbocycles. The first-order valence-corrected chi connectivity index (χ1v) is 9.59. The van der Waals surface area contributed by atoms with Crippen molar-refractivity contribution in [1.82, 2.24) is 0 Å². The molecule has 0 fully saturated rings. The van der Waals surface area contributed by atoms with Gasteiger partial charge in [0.05, 0.1) is 0 Å². The largest absolute Gasteiger partial charge is 0.422 e. The summed E-state index contributed by atoms with van der Waals surface area (Å²) in [6.45, 7) is 4.30. The average molecular weight is 376 g/mol. The minimum absolute atomic E-state index is 0.0981. The molecule has 4 heteroatoms. The van der Waals surface area contributed by atoms with Crippen LogP contribution in [-0.2, 0) is 0 Å². The van der Waals surface area contributed by atoms with E-state index in [1.807, 2.05) is 17.5 Å². The average Bonchev–Trinajstić information content (AvgIpc) is 3.22. The minimum atomic E-state index is -0.395. The van der Waals surface area contributed by atoms with E-state index in [0.29, 0.717) is 22.1 Å². The molecule has 0 atom stereocenters. The Morgan fingerprint density at radius 3 is 2.26 bits per heavy atom. The van der Waals surface area contributed by atoms with E-state index in [2.05, 4.69) is 26.0 Å². The number of ether oxygens (including phenoxy) is 1. The minimum Gasteiger partial charge on any atom is -0.422 e. The maximum atomic E-state index is 12.3. The maximum Gasteiger partial charge on any atom is 0.353 e. The monoisotopic (exact) mass is 376 g/mol. The van der Waals surface area contributed by atoms with Crippen molar-refractivity contribution in [3.05, 3.63) is 93.7 Å². The van der Waals surface area contributed by atoms with Crippen molar-refractivity contribution in [2.24, 2.45) is 0 Å². The Kier molecular flexibility index (Phi) is 5.99. The highest BCUT2D eigenvalue weighted by Crippen LogP contribution is 2.18. The van der Waals surface area contributed by atoms with Crippen molar-refractivity contribution in [3.8, 4) is 5.75 Å². The molecule has 2 aromatic carbocycles. The van der Waals surface area contributed by atoms with Gasteiger partial charge in [0.15, 0.2) is 5.78 Å². The summed E-state index contributed by atoms with van der Waals surface area (Å²) in [5, 5.41) is 1.82. The fourth-order valence-corrected chi connectivity index (χ4v) is 3.10. The molecule has 0 spiro atoms. The molecule has 0 aliphatic rings. The molecule has 3 nitrogen and oxygen atoms in total. The Morgan fingerprint density at radius 2 is 1.67 bits per heavy atom. The lowest BCUT2D eigenvalue weighted by atomic mass is 10.0. The van der Waals surface area contributed by atoms with E-state index in [0.717, 1.165) is 5.56 Å². The van der Waals surface area contributed by atoms with Gasteiger partial charge in [-0.25, -0.2) is 4.79 Å². The van der Waals surface area contributed by atoms with E-state index < -0.39 is 5.97 Å². The molecule has 27 heavy (non-hydrogen) atoms. The molecule has 0 radical (unpaired) electrons. The fourth-order valence-electron chi connectivity index (χ4n) is 2.50. The zero-order chi connectivity index (χ0) is 19.2. The van der Waals surface area contributed by atoms with E-state index in [9.17, 15) is 9.59 Å². The van der Waals surface area contributed by atoms with Crippen molar-refractivity contribution >= 4 is 29.2 Å². The number of carbonyl (C=O) groups excluding carboxylic acids is 2.